The van der Waals surface area contributed by atoms with Crippen LogP contribution in [0.3, 0.4) is 0 Å². The molecule has 1 atom stereocenters. The minimum absolute atomic E-state index is 0.0183. The maximum absolute atomic E-state index is 10.7. The molecule has 0 fully saturated rings. The first-order valence-electron chi connectivity index (χ1n) is 4.54. The highest BCUT2D eigenvalue weighted by molar-refractivity contribution is 5.46. The second-order valence-electron chi connectivity index (χ2n) is 3.30. The van der Waals surface area contributed by atoms with Crippen molar-refractivity contribution in [2.75, 3.05) is 7.11 Å². The molecule has 0 aliphatic carbocycles. The zero-order chi connectivity index (χ0) is 11.4. The fourth-order valence-corrected chi connectivity index (χ4v) is 1.33. The Balaban J connectivity index is 3.09. The van der Waals surface area contributed by atoms with Crippen molar-refractivity contribution in [2.24, 2.45) is 0 Å². The lowest BCUT2D eigenvalue weighted by molar-refractivity contribution is -0.385. The molecule has 0 aromatic heterocycles. The molecule has 1 N–H and O–H groups in total. The molecule has 0 heterocycles. The van der Waals surface area contributed by atoms with Gasteiger partial charge in [0.05, 0.1) is 24.2 Å². The van der Waals surface area contributed by atoms with Crippen LogP contribution in [0.25, 0.3) is 0 Å². The van der Waals surface area contributed by atoms with E-state index in [1.807, 2.05) is 0 Å². The Morgan fingerprint density at radius 1 is 1.60 bits per heavy atom. The third-order valence-electron chi connectivity index (χ3n) is 2.00. The van der Waals surface area contributed by atoms with Crippen LogP contribution in [0.2, 0.25) is 0 Å². The molecule has 5 heteroatoms. The van der Waals surface area contributed by atoms with Crippen LogP contribution in [0.15, 0.2) is 18.2 Å². The first-order valence-corrected chi connectivity index (χ1v) is 4.54. The summed E-state index contributed by atoms with van der Waals surface area (Å²) in [7, 11) is 1.45. The summed E-state index contributed by atoms with van der Waals surface area (Å²) < 4.78 is 4.90. The summed E-state index contributed by atoms with van der Waals surface area (Å²) in [5.74, 6) is 0.441. The molecule has 82 valence electrons. The van der Waals surface area contributed by atoms with Crippen LogP contribution in [0.5, 0.6) is 5.75 Å². The van der Waals surface area contributed by atoms with Crippen LogP contribution < -0.4 is 4.74 Å². The Bertz CT molecular complexity index is 362. The van der Waals surface area contributed by atoms with Gasteiger partial charge in [0.25, 0.3) is 5.69 Å². The van der Waals surface area contributed by atoms with Gasteiger partial charge in [-0.15, -0.1) is 0 Å². The summed E-state index contributed by atoms with van der Waals surface area (Å²) >= 11 is 0. The molecule has 0 saturated carbocycles. The van der Waals surface area contributed by atoms with Crippen molar-refractivity contribution in [3.8, 4) is 5.75 Å². The minimum atomic E-state index is -0.600. The maximum Gasteiger partial charge on any atom is 0.276 e. The lowest BCUT2D eigenvalue weighted by atomic mass is 10.1. The van der Waals surface area contributed by atoms with E-state index in [-0.39, 0.29) is 12.1 Å². The molecule has 0 aliphatic heterocycles. The molecule has 0 radical (unpaired) electrons. The van der Waals surface area contributed by atoms with Crippen LogP contribution in [-0.2, 0) is 6.42 Å². The molecule has 0 unspecified atom stereocenters. The van der Waals surface area contributed by atoms with Crippen molar-refractivity contribution in [1.82, 2.24) is 0 Å². The molecule has 1 aromatic rings. The predicted octanol–water partition coefficient (Wildman–Crippen LogP) is 1.53. The molecule has 0 saturated heterocycles. The van der Waals surface area contributed by atoms with Gasteiger partial charge in [0, 0.05) is 12.0 Å². The van der Waals surface area contributed by atoms with E-state index in [4.69, 9.17) is 4.74 Å². The molecule has 0 bridgehead atoms. The monoisotopic (exact) mass is 211 g/mol. The van der Waals surface area contributed by atoms with Gasteiger partial charge in [-0.3, -0.25) is 10.1 Å². The number of nitrogens with zero attached hydrogens (tertiary/aromatic N) is 1. The van der Waals surface area contributed by atoms with Gasteiger partial charge in [0.1, 0.15) is 5.75 Å². The summed E-state index contributed by atoms with van der Waals surface area (Å²) in [4.78, 5) is 10.3. The number of nitro benzene ring substituents is 1. The van der Waals surface area contributed by atoms with Crippen molar-refractivity contribution in [3.05, 3.63) is 33.9 Å². The van der Waals surface area contributed by atoms with Gasteiger partial charge >= 0.3 is 0 Å². The normalized spacial score (nSPS) is 12.2. The van der Waals surface area contributed by atoms with Gasteiger partial charge in [-0.25, -0.2) is 0 Å². The average Bonchev–Trinajstić information content (AvgIpc) is 2.17. The number of rotatable bonds is 4. The zero-order valence-corrected chi connectivity index (χ0v) is 8.64. The second-order valence-corrected chi connectivity index (χ2v) is 3.30. The molecule has 0 amide bonds. The van der Waals surface area contributed by atoms with E-state index in [9.17, 15) is 15.2 Å². The van der Waals surface area contributed by atoms with Gasteiger partial charge in [-0.2, -0.15) is 0 Å². The van der Waals surface area contributed by atoms with Crippen LogP contribution >= 0.6 is 0 Å². The van der Waals surface area contributed by atoms with Crippen LogP contribution in [0.1, 0.15) is 12.5 Å². The average molecular weight is 211 g/mol. The zero-order valence-electron chi connectivity index (χ0n) is 8.64. The van der Waals surface area contributed by atoms with E-state index in [0.29, 0.717) is 11.3 Å². The summed E-state index contributed by atoms with van der Waals surface area (Å²) in [6.07, 6.45) is -0.336. The predicted molar refractivity (Wildman–Crippen MR) is 55.0 cm³/mol. The Morgan fingerprint density at radius 3 is 2.73 bits per heavy atom. The smallest absolute Gasteiger partial charge is 0.276 e. The number of hydrogen-bond acceptors (Lipinski definition) is 4. The van der Waals surface area contributed by atoms with Gasteiger partial charge in [-0.05, 0) is 19.1 Å². The van der Waals surface area contributed by atoms with Crippen molar-refractivity contribution >= 4 is 5.69 Å². The Hall–Kier alpha value is -1.62. The number of benzene rings is 1. The lowest BCUT2D eigenvalue weighted by Crippen LogP contribution is -2.06. The first kappa shape index (κ1) is 11.5. The highest BCUT2D eigenvalue weighted by atomic mass is 16.6. The van der Waals surface area contributed by atoms with Gasteiger partial charge in [-0.1, -0.05) is 0 Å². The topological polar surface area (TPSA) is 72.6 Å². The van der Waals surface area contributed by atoms with Crippen LogP contribution in [-0.4, -0.2) is 23.2 Å². The third kappa shape index (κ3) is 2.92. The van der Waals surface area contributed by atoms with Gasteiger partial charge < -0.3 is 9.84 Å². The number of ether oxygens (including phenoxy) is 1. The molecule has 1 rings (SSSR count). The minimum Gasteiger partial charge on any atom is -0.497 e. The van der Waals surface area contributed by atoms with E-state index < -0.39 is 11.0 Å². The van der Waals surface area contributed by atoms with E-state index >= 15 is 0 Å². The highest BCUT2D eigenvalue weighted by Crippen LogP contribution is 2.25. The molecule has 0 spiro atoms. The van der Waals surface area contributed by atoms with E-state index in [1.165, 1.54) is 13.2 Å². The molecular weight excluding hydrogens is 198 g/mol. The molecule has 15 heavy (non-hydrogen) atoms. The fourth-order valence-electron chi connectivity index (χ4n) is 1.33. The number of aliphatic hydroxyl groups excluding tert-OH is 1. The Kier molecular flexibility index (Phi) is 3.62. The largest absolute Gasteiger partial charge is 0.497 e. The fraction of sp³-hybridized carbons (Fsp3) is 0.400. The molecule has 1 aromatic carbocycles. The van der Waals surface area contributed by atoms with E-state index in [1.54, 1.807) is 19.1 Å². The Labute approximate surface area is 87.5 Å². The molecule has 5 nitrogen and oxygen atoms in total. The number of hydrogen-bond donors (Lipinski definition) is 1. The summed E-state index contributed by atoms with van der Waals surface area (Å²) in [5.41, 5.74) is 0.492. The summed E-state index contributed by atoms with van der Waals surface area (Å²) in [5, 5.41) is 19.9. The summed E-state index contributed by atoms with van der Waals surface area (Å²) in [6, 6.07) is 4.60. The SMILES string of the molecule is COc1ccc(C[C@@H](C)O)c([N+](=O)[O-])c1. The molecule has 0 aliphatic rings. The Morgan fingerprint density at radius 2 is 2.27 bits per heavy atom. The van der Waals surface area contributed by atoms with Crippen molar-refractivity contribution in [3.63, 3.8) is 0 Å². The van der Waals surface area contributed by atoms with E-state index in [0.717, 1.165) is 0 Å². The third-order valence-corrected chi connectivity index (χ3v) is 2.00. The summed E-state index contributed by atoms with van der Waals surface area (Å²) in [6.45, 7) is 1.59. The van der Waals surface area contributed by atoms with E-state index in [2.05, 4.69) is 0 Å². The van der Waals surface area contributed by atoms with Gasteiger partial charge in [0.2, 0.25) is 0 Å². The van der Waals surface area contributed by atoms with Crippen molar-refractivity contribution in [1.29, 1.82) is 0 Å². The second kappa shape index (κ2) is 4.75. The number of methoxy groups -OCH3 is 1. The maximum atomic E-state index is 10.7. The molecular formula is C10H13NO4. The standard InChI is InChI=1S/C10H13NO4/c1-7(12)5-8-3-4-9(15-2)6-10(8)11(13)14/h3-4,6-7,12H,5H2,1-2H3/t7-/m1/s1. The quantitative estimate of drug-likeness (QED) is 0.605. The lowest BCUT2D eigenvalue weighted by Gasteiger charge is -2.06. The van der Waals surface area contributed by atoms with Crippen LogP contribution in [0, 0.1) is 10.1 Å². The number of nitro groups is 1. The first-order chi connectivity index (χ1) is 7.04. The number of aliphatic hydroxyl groups is 1. The van der Waals surface area contributed by atoms with Gasteiger partial charge in [0.15, 0.2) is 0 Å². The van der Waals surface area contributed by atoms with Crippen molar-refractivity contribution in [2.45, 2.75) is 19.4 Å². The van der Waals surface area contributed by atoms with Crippen LogP contribution in [0.4, 0.5) is 5.69 Å². The highest BCUT2D eigenvalue weighted by Gasteiger charge is 2.16. The van der Waals surface area contributed by atoms with Crippen molar-refractivity contribution < 1.29 is 14.8 Å².